The Morgan fingerprint density at radius 1 is 1.11 bits per heavy atom. The van der Waals surface area contributed by atoms with Crippen molar-refractivity contribution in [3.05, 3.63) is 63.3 Å². The molecular weight excluding hydrogens is 380 g/mol. The first-order chi connectivity index (χ1) is 12.9. The molecule has 0 aliphatic carbocycles. The zero-order valence-corrected chi connectivity index (χ0v) is 17.4. The number of sulfonamides is 1. The zero-order valence-electron chi connectivity index (χ0n) is 15.7. The summed E-state index contributed by atoms with van der Waals surface area (Å²) >= 11 is 1.09. The highest BCUT2D eigenvalue weighted by atomic mass is 32.2. The molecule has 0 radical (unpaired) electrons. The van der Waals surface area contributed by atoms with Gasteiger partial charge in [0, 0.05) is 12.6 Å². The summed E-state index contributed by atoms with van der Waals surface area (Å²) in [5.74, 6) is 0. The molecule has 5 nitrogen and oxygen atoms in total. The van der Waals surface area contributed by atoms with E-state index in [1.807, 2.05) is 45.0 Å². The van der Waals surface area contributed by atoms with Gasteiger partial charge >= 0.3 is 4.87 Å². The minimum absolute atomic E-state index is 0.0551. The molecule has 0 aliphatic heterocycles. The minimum atomic E-state index is -3.69. The number of nitrogens with one attached hydrogen (secondary N) is 1. The highest BCUT2D eigenvalue weighted by Gasteiger charge is 2.21. The fraction of sp³-hybridized carbons (Fsp3) is 0.350. The molecule has 0 fully saturated rings. The Bertz CT molecular complexity index is 1100. The predicted octanol–water partition coefficient (Wildman–Crippen LogP) is 4.21. The van der Waals surface area contributed by atoms with E-state index in [9.17, 15) is 13.2 Å². The van der Waals surface area contributed by atoms with E-state index in [0.29, 0.717) is 17.7 Å². The van der Waals surface area contributed by atoms with Crippen LogP contribution >= 0.6 is 11.3 Å². The summed E-state index contributed by atoms with van der Waals surface area (Å²) in [6.45, 7) is 6.59. The van der Waals surface area contributed by atoms with Crippen molar-refractivity contribution < 1.29 is 8.42 Å². The SMILES string of the molecule is CCCn1c(=O)sc2cc(S(=O)(=O)N[C@@H](CC)c3ccc(C)cc3)ccc21. The Kier molecular flexibility index (Phi) is 5.83. The van der Waals surface area contributed by atoms with Crippen LogP contribution in [-0.4, -0.2) is 13.0 Å². The second-order valence-corrected chi connectivity index (χ2v) is 9.35. The van der Waals surface area contributed by atoms with Crippen LogP contribution in [-0.2, 0) is 16.6 Å². The second kappa shape index (κ2) is 7.96. The van der Waals surface area contributed by atoms with Gasteiger partial charge in [-0.2, -0.15) is 0 Å². The number of aromatic nitrogens is 1. The molecule has 27 heavy (non-hydrogen) atoms. The number of benzene rings is 2. The average molecular weight is 405 g/mol. The summed E-state index contributed by atoms with van der Waals surface area (Å²) < 4.78 is 31.0. The van der Waals surface area contributed by atoms with E-state index in [2.05, 4.69) is 4.72 Å². The molecule has 7 heteroatoms. The van der Waals surface area contributed by atoms with E-state index in [1.54, 1.807) is 22.8 Å². The van der Waals surface area contributed by atoms with Gasteiger partial charge in [0.2, 0.25) is 10.0 Å². The van der Waals surface area contributed by atoms with Crippen molar-refractivity contribution in [3.8, 4) is 0 Å². The lowest BCUT2D eigenvalue weighted by molar-refractivity contribution is 0.550. The van der Waals surface area contributed by atoms with E-state index in [0.717, 1.165) is 34.4 Å². The summed E-state index contributed by atoms with van der Waals surface area (Å²) in [4.78, 5) is 12.3. The number of fused-ring (bicyclic) bond motifs is 1. The van der Waals surface area contributed by atoms with Gasteiger partial charge in [0.25, 0.3) is 0 Å². The fourth-order valence-corrected chi connectivity index (χ4v) is 5.46. The molecule has 1 heterocycles. The van der Waals surface area contributed by atoms with Crippen molar-refractivity contribution in [2.45, 2.75) is 51.1 Å². The Labute approximate surface area is 163 Å². The monoisotopic (exact) mass is 404 g/mol. The Morgan fingerprint density at radius 3 is 2.44 bits per heavy atom. The van der Waals surface area contributed by atoms with Gasteiger partial charge in [-0.3, -0.25) is 9.36 Å². The lowest BCUT2D eigenvalue weighted by Gasteiger charge is -2.18. The summed E-state index contributed by atoms with van der Waals surface area (Å²) in [7, 11) is -3.69. The molecule has 1 N–H and O–H groups in total. The molecular formula is C20H24N2O3S2. The maximum Gasteiger partial charge on any atom is 0.308 e. The number of rotatable bonds is 7. The molecule has 0 saturated heterocycles. The smallest absolute Gasteiger partial charge is 0.299 e. The number of hydrogen-bond donors (Lipinski definition) is 1. The van der Waals surface area contributed by atoms with Gasteiger partial charge in [-0.25, -0.2) is 13.1 Å². The molecule has 3 aromatic rings. The van der Waals surface area contributed by atoms with Crippen molar-refractivity contribution in [3.63, 3.8) is 0 Å². The fourth-order valence-electron chi connectivity index (χ4n) is 3.09. The van der Waals surface area contributed by atoms with Crippen molar-refractivity contribution in [2.24, 2.45) is 0 Å². The van der Waals surface area contributed by atoms with Crippen LogP contribution in [0.5, 0.6) is 0 Å². The van der Waals surface area contributed by atoms with Gasteiger partial charge in [0.1, 0.15) is 0 Å². The van der Waals surface area contributed by atoms with Crippen LogP contribution in [0.25, 0.3) is 10.2 Å². The van der Waals surface area contributed by atoms with Gasteiger partial charge in [-0.05, 0) is 43.5 Å². The van der Waals surface area contributed by atoms with E-state index in [1.165, 1.54) is 0 Å². The van der Waals surface area contributed by atoms with Crippen LogP contribution in [0.4, 0.5) is 0 Å². The molecule has 0 bridgehead atoms. The molecule has 1 atom stereocenters. The lowest BCUT2D eigenvalue weighted by Crippen LogP contribution is -2.28. The maximum atomic E-state index is 12.9. The van der Waals surface area contributed by atoms with Crippen molar-refractivity contribution in [2.75, 3.05) is 0 Å². The number of nitrogens with zero attached hydrogens (tertiary/aromatic N) is 1. The van der Waals surface area contributed by atoms with Gasteiger partial charge < -0.3 is 0 Å². The summed E-state index contributed by atoms with van der Waals surface area (Å²) in [5, 5.41) is 0. The first kappa shape index (κ1) is 19.8. The number of thiazole rings is 1. The summed E-state index contributed by atoms with van der Waals surface area (Å²) in [6.07, 6.45) is 1.49. The van der Waals surface area contributed by atoms with Crippen LogP contribution in [0.1, 0.15) is 43.9 Å². The Balaban J connectivity index is 1.94. The van der Waals surface area contributed by atoms with Crippen molar-refractivity contribution in [1.82, 2.24) is 9.29 Å². The predicted molar refractivity (Wildman–Crippen MR) is 111 cm³/mol. The molecule has 0 amide bonds. The molecule has 2 aromatic carbocycles. The molecule has 0 spiro atoms. The third-order valence-electron chi connectivity index (χ3n) is 4.58. The minimum Gasteiger partial charge on any atom is -0.299 e. The zero-order chi connectivity index (χ0) is 19.6. The third-order valence-corrected chi connectivity index (χ3v) is 6.99. The quantitative estimate of drug-likeness (QED) is 0.641. The van der Waals surface area contributed by atoms with Gasteiger partial charge in [-0.1, -0.05) is 55.0 Å². The first-order valence-corrected chi connectivity index (χ1v) is 11.4. The maximum absolute atomic E-state index is 12.9. The lowest BCUT2D eigenvalue weighted by atomic mass is 10.0. The molecule has 0 unspecified atom stereocenters. The standard InChI is InChI=1S/C20H24N2O3S2/c1-4-12-22-18-11-10-16(13-19(18)26-20(22)23)27(24,25)21-17(5-2)15-8-6-14(3)7-9-15/h6-11,13,17,21H,4-5,12H2,1-3H3/t17-/m0/s1. The second-order valence-electron chi connectivity index (χ2n) is 6.64. The summed E-state index contributed by atoms with van der Waals surface area (Å²) in [5.41, 5.74) is 2.86. The first-order valence-electron chi connectivity index (χ1n) is 9.08. The molecule has 144 valence electrons. The molecule has 1 aromatic heterocycles. The molecule has 3 rings (SSSR count). The van der Waals surface area contributed by atoms with E-state index in [4.69, 9.17) is 0 Å². The number of hydrogen-bond acceptors (Lipinski definition) is 4. The Hall–Kier alpha value is -1.96. The highest BCUT2D eigenvalue weighted by molar-refractivity contribution is 7.89. The molecule has 0 saturated carbocycles. The van der Waals surface area contributed by atoms with E-state index >= 15 is 0 Å². The average Bonchev–Trinajstić information content (AvgIpc) is 2.96. The summed E-state index contributed by atoms with van der Waals surface area (Å²) in [6, 6.07) is 12.5. The van der Waals surface area contributed by atoms with E-state index in [-0.39, 0.29) is 15.8 Å². The van der Waals surface area contributed by atoms with Crippen LogP contribution < -0.4 is 9.60 Å². The van der Waals surface area contributed by atoms with E-state index < -0.39 is 10.0 Å². The normalized spacial score (nSPS) is 13.1. The topological polar surface area (TPSA) is 68.2 Å². The van der Waals surface area contributed by atoms with Crippen LogP contribution in [0, 0.1) is 6.92 Å². The van der Waals surface area contributed by atoms with Crippen molar-refractivity contribution >= 4 is 31.6 Å². The van der Waals surface area contributed by atoms with Crippen LogP contribution in [0.15, 0.2) is 52.2 Å². The molecule has 0 aliphatic rings. The van der Waals surface area contributed by atoms with Crippen molar-refractivity contribution in [1.29, 1.82) is 0 Å². The largest absolute Gasteiger partial charge is 0.308 e. The van der Waals surface area contributed by atoms with Crippen LogP contribution in [0.3, 0.4) is 0 Å². The van der Waals surface area contributed by atoms with Gasteiger partial charge in [0.05, 0.1) is 15.1 Å². The highest BCUT2D eigenvalue weighted by Crippen LogP contribution is 2.25. The van der Waals surface area contributed by atoms with Gasteiger partial charge in [0.15, 0.2) is 0 Å². The number of aryl methyl sites for hydroxylation is 2. The van der Waals surface area contributed by atoms with Gasteiger partial charge in [-0.15, -0.1) is 0 Å². The Morgan fingerprint density at radius 2 is 1.81 bits per heavy atom. The van der Waals surface area contributed by atoms with Crippen LogP contribution in [0.2, 0.25) is 0 Å². The third kappa shape index (κ3) is 4.15.